The van der Waals surface area contributed by atoms with Gasteiger partial charge in [-0.05, 0) is 82.9 Å². The van der Waals surface area contributed by atoms with Gasteiger partial charge in [-0.2, -0.15) is 0 Å². The summed E-state index contributed by atoms with van der Waals surface area (Å²) in [6, 6.07) is 19.8. The fraction of sp³-hybridized carbons (Fsp3) is 0.115. The minimum absolute atomic E-state index is 0.369. The van der Waals surface area contributed by atoms with E-state index in [9.17, 15) is 4.79 Å². The molecule has 32 heavy (non-hydrogen) atoms. The molecular weight excluding hydrogens is 440 g/mol. The predicted molar refractivity (Wildman–Crippen MR) is 129 cm³/mol. The predicted octanol–water partition coefficient (Wildman–Crippen LogP) is 6.23. The van der Waals surface area contributed by atoms with Crippen LogP contribution in [0.4, 0.5) is 0 Å². The average molecular weight is 461 g/mol. The Labute approximate surface area is 194 Å². The molecule has 4 nitrogen and oxygen atoms in total. The Bertz CT molecular complexity index is 1260. The van der Waals surface area contributed by atoms with Crippen molar-refractivity contribution < 1.29 is 19.4 Å². The first-order valence-electron chi connectivity index (χ1n) is 9.88. The molecule has 1 N–H and O–H groups in total. The SMILES string of the molecule is Cc1cc(OCc2cc(C#Cc3cccs3)cc(-c3cccs3)c2)ccc1OCC(=O)O. The van der Waals surface area contributed by atoms with Crippen LogP contribution in [0, 0.1) is 18.8 Å². The maximum Gasteiger partial charge on any atom is 0.341 e. The van der Waals surface area contributed by atoms with Crippen molar-refractivity contribution in [2.45, 2.75) is 13.5 Å². The van der Waals surface area contributed by atoms with E-state index in [1.807, 2.05) is 36.6 Å². The molecule has 0 aliphatic rings. The molecule has 2 aromatic heterocycles. The standard InChI is InChI=1S/C26H20O4S2/c1-18-12-22(7-9-24(18)30-17-26(27)28)29-16-20-13-19(6-8-23-4-2-10-31-23)14-21(15-20)25-5-3-11-32-25/h2-5,7,9-15H,16-17H2,1H3,(H,27,28). The number of thiophene rings is 2. The van der Waals surface area contributed by atoms with Gasteiger partial charge in [0.2, 0.25) is 0 Å². The van der Waals surface area contributed by atoms with Crippen molar-refractivity contribution in [3.8, 4) is 33.8 Å². The maximum atomic E-state index is 10.7. The number of carbonyl (C=O) groups is 1. The van der Waals surface area contributed by atoms with Gasteiger partial charge in [0.15, 0.2) is 6.61 Å². The van der Waals surface area contributed by atoms with E-state index in [1.165, 1.54) is 4.88 Å². The molecular formula is C26H20O4S2. The lowest BCUT2D eigenvalue weighted by molar-refractivity contribution is -0.139. The van der Waals surface area contributed by atoms with Crippen LogP contribution in [0.1, 0.15) is 21.6 Å². The number of hydrogen-bond donors (Lipinski definition) is 1. The van der Waals surface area contributed by atoms with Crippen LogP contribution in [-0.4, -0.2) is 17.7 Å². The molecule has 0 amide bonds. The van der Waals surface area contributed by atoms with Gasteiger partial charge in [-0.25, -0.2) is 4.79 Å². The normalized spacial score (nSPS) is 10.3. The molecule has 0 aliphatic carbocycles. The summed E-state index contributed by atoms with van der Waals surface area (Å²) in [5.41, 5.74) is 3.90. The van der Waals surface area contributed by atoms with Crippen molar-refractivity contribution in [1.82, 2.24) is 0 Å². The summed E-state index contributed by atoms with van der Waals surface area (Å²) in [6.45, 7) is 1.88. The monoisotopic (exact) mass is 460 g/mol. The van der Waals surface area contributed by atoms with Crippen LogP contribution in [0.25, 0.3) is 10.4 Å². The second-order valence-corrected chi connectivity index (χ2v) is 8.92. The van der Waals surface area contributed by atoms with E-state index in [1.54, 1.807) is 34.8 Å². The lowest BCUT2D eigenvalue weighted by Gasteiger charge is -2.12. The third-order valence-corrected chi connectivity index (χ3v) is 6.26. The molecule has 6 heteroatoms. The van der Waals surface area contributed by atoms with Crippen molar-refractivity contribution in [2.75, 3.05) is 6.61 Å². The highest BCUT2D eigenvalue weighted by atomic mass is 32.1. The van der Waals surface area contributed by atoms with Gasteiger partial charge in [0.05, 0.1) is 4.88 Å². The summed E-state index contributed by atoms with van der Waals surface area (Å²) >= 11 is 3.32. The molecule has 0 spiro atoms. The van der Waals surface area contributed by atoms with Crippen molar-refractivity contribution in [2.24, 2.45) is 0 Å². The Morgan fingerprint density at radius 3 is 2.53 bits per heavy atom. The smallest absolute Gasteiger partial charge is 0.341 e. The quantitative estimate of drug-likeness (QED) is 0.332. The molecule has 0 unspecified atom stereocenters. The fourth-order valence-electron chi connectivity index (χ4n) is 3.10. The Balaban J connectivity index is 1.53. The largest absolute Gasteiger partial charge is 0.489 e. The Kier molecular flexibility index (Phi) is 6.90. The van der Waals surface area contributed by atoms with Crippen molar-refractivity contribution in [3.63, 3.8) is 0 Å². The zero-order valence-corrected chi connectivity index (χ0v) is 19.0. The first-order chi connectivity index (χ1) is 15.6. The molecule has 0 aliphatic heterocycles. The molecule has 0 saturated carbocycles. The summed E-state index contributed by atoms with van der Waals surface area (Å²) in [5, 5.41) is 12.9. The summed E-state index contributed by atoms with van der Waals surface area (Å²) in [4.78, 5) is 12.9. The number of hydrogen-bond acceptors (Lipinski definition) is 5. The average Bonchev–Trinajstić information content (AvgIpc) is 3.50. The number of rotatable bonds is 7. The number of carboxylic acid groups (broad SMARTS) is 1. The topological polar surface area (TPSA) is 55.8 Å². The van der Waals surface area contributed by atoms with E-state index < -0.39 is 5.97 Å². The Morgan fingerprint density at radius 1 is 0.969 bits per heavy atom. The summed E-state index contributed by atoms with van der Waals surface area (Å²) in [5.74, 6) is 6.72. The number of aryl methyl sites for hydroxylation is 1. The van der Waals surface area contributed by atoms with Crippen LogP contribution in [0.15, 0.2) is 71.4 Å². The number of ether oxygens (including phenoxy) is 2. The van der Waals surface area contributed by atoms with Crippen molar-refractivity contribution >= 4 is 28.6 Å². The Hall–Kier alpha value is -3.53. The number of carboxylic acids is 1. The summed E-state index contributed by atoms with van der Waals surface area (Å²) < 4.78 is 11.3. The molecule has 160 valence electrons. The van der Waals surface area contributed by atoms with Gasteiger partial charge in [0, 0.05) is 10.4 Å². The van der Waals surface area contributed by atoms with Crippen LogP contribution >= 0.6 is 22.7 Å². The highest BCUT2D eigenvalue weighted by Crippen LogP contribution is 2.28. The third-order valence-electron chi connectivity index (χ3n) is 4.55. The molecule has 0 atom stereocenters. The van der Waals surface area contributed by atoms with Gasteiger partial charge < -0.3 is 14.6 Å². The first-order valence-corrected chi connectivity index (χ1v) is 11.6. The van der Waals surface area contributed by atoms with E-state index in [4.69, 9.17) is 14.6 Å². The molecule has 2 aromatic carbocycles. The molecule has 0 saturated heterocycles. The van der Waals surface area contributed by atoms with Crippen LogP contribution in [0.2, 0.25) is 0 Å². The molecule has 0 bridgehead atoms. The van der Waals surface area contributed by atoms with Crippen LogP contribution in [0.5, 0.6) is 11.5 Å². The van der Waals surface area contributed by atoms with Gasteiger partial charge in [-0.3, -0.25) is 0 Å². The van der Waals surface area contributed by atoms with Gasteiger partial charge in [0.25, 0.3) is 0 Å². The summed E-state index contributed by atoms with van der Waals surface area (Å²) in [6.07, 6.45) is 0. The van der Waals surface area contributed by atoms with E-state index in [0.717, 1.165) is 27.1 Å². The van der Waals surface area contributed by atoms with Gasteiger partial charge in [-0.15, -0.1) is 22.7 Å². The second kappa shape index (κ2) is 10.2. The highest BCUT2D eigenvalue weighted by Gasteiger charge is 2.07. The highest BCUT2D eigenvalue weighted by molar-refractivity contribution is 7.13. The second-order valence-electron chi connectivity index (χ2n) is 7.02. The van der Waals surface area contributed by atoms with Gasteiger partial charge >= 0.3 is 5.97 Å². The number of benzene rings is 2. The Morgan fingerprint density at radius 2 is 1.81 bits per heavy atom. The van der Waals surface area contributed by atoms with E-state index in [0.29, 0.717) is 18.1 Å². The van der Waals surface area contributed by atoms with E-state index in [-0.39, 0.29) is 6.61 Å². The maximum absolute atomic E-state index is 10.7. The third kappa shape index (κ3) is 5.79. The van der Waals surface area contributed by atoms with Crippen LogP contribution < -0.4 is 9.47 Å². The van der Waals surface area contributed by atoms with Crippen molar-refractivity contribution in [3.05, 3.63) is 93.0 Å². The molecule has 4 aromatic rings. The minimum Gasteiger partial charge on any atom is -0.489 e. The van der Waals surface area contributed by atoms with E-state index in [2.05, 4.69) is 41.5 Å². The van der Waals surface area contributed by atoms with Gasteiger partial charge in [-0.1, -0.05) is 24.0 Å². The van der Waals surface area contributed by atoms with Gasteiger partial charge in [0.1, 0.15) is 18.1 Å². The number of aliphatic carboxylic acids is 1. The fourth-order valence-corrected chi connectivity index (χ4v) is 4.38. The first kappa shape index (κ1) is 21.7. The lowest BCUT2D eigenvalue weighted by atomic mass is 10.0. The minimum atomic E-state index is -1.01. The van der Waals surface area contributed by atoms with Crippen LogP contribution in [0.3, 0.4) is 0 Å². The molecule has 2 heterocycles. The zero-order valence-electron chi connectivity index (χ0n) is 17.3. The zero-order chi connectivity index (χ0) is 22.3. The van der Waals surface area contributed by atoms with Crippen LogP contribution in [-0.2, 0) is 11.4 Å². The summed E-state index contributed by atoms with van der Waals surface area (Å²) in [7, 11) is 0. The molecule has 0 radical (unpaired) electrons. The van der Waals surface area contributed by atoms with E-state index >= 15 is 0 Å². The van der Waals surface area contributed by atoms with Crippen molar-refractivity contribution in [1.29, 1.82) is 0 Å². The molecule has 0 fully saturated rings. The molecule has 4 rings (SSSR count). The lowest BCUT2D eigenvalue weighted by Crippen LogP contribution is -2.10.